The summed E-state index contributed by atoms with van der Waals surface area (Å²) in [4.78, 5) is 11.5. The Bertz CT molecular complexity index is 753. The first-order valence-electron chi connectivity index (χ1n) is 8.67. The van der Waals surface area contributed by atoms with Crippen molar-refractivity contribution >= 4 is 32.1 Å². The standard InChI is InChI=1S/C19H25F4NO2P.CH3Cl/c1-11(2)6-7-24(5,8-9-26-19(25)12(3)4)10-13-14(20)15(21)16(22)17(23)18(13)27;1-2/h6H,3,7-10,27H2,1-2,4-5H3;1H3/q+1;. The number of ether oxygens (including phenoxy) is 1. The topological polar surface area (TPSA) is 26.3 Å². The van der Waals surface area contributed by atoms with Crippen molar-refractivity contribution < 1.29 is 31.6 Å². The Labute approximate surface area is 177 Å². The quantitative estimate of drug-likeness (QED) is 0.0656. The molecule has 0 spiro atoms. The van der Waals surface area contributed by atoms with E-state index in [1.54, 1.807) is 7.05 Å². The van der Waals surface area contributed by atoms with Crippen LogP contribution >= 0.6 is 20.8 Å². The molecule has 0 aliphatic carbocycles. The van der Waals surface area contributed by atoms with E-state index < -0.39 is 29.2 Å². The molecular weight excluding hydrogens is 429 g/mol. The largest absolute Gasteiger partial charge is 0.456 e. The molecule has 0 radical (unpaired) electrons. The van der Waals surface area contributed by atoms with Crippen LogP contribution in [0, 0.1) is 23.3 Å². The van der Waals surface area contributed by atoms with Gasteiger partial charge in [-0.05, 0) is 26.8 Å². The molecule has 0 aliphatic rings. The number of likely N-dealkylation sites (N-methyl/N-ethyl adjacent to an activating group) is 1. The van der Waals surface area contributed by atoms with Crippen LogP contribution in [0.3, 0.4) is 0 Å². The summed E-state index contributed by atoms with van der Waals surface area (Å²) in [5.41, 5.74) is 0.975. The molecule has 1 aromatic carbocycles. The summed E-state index contributed by atoms with van der Waals surface area (Å²) in [7, 11) is 3.66. The Balaban J connectivity index is 0.00000379. The van der Waals surface area contributed by atoms with Crippen molar-refractivity contribution in [2.45, 2.75) is 27.3 Å². The molecule has 0 bridgehead atoms. The van der Waals surface area contributed by atoms with Crippen molar-refractivity contribution in [1.82, 2.24) is 0 Å². The van der Waals surface area contributed by atoms with E-state index in [2.05, 4.69) is 18.2 Å². The van der Waals surface area contributed by atoms with Crippen LogP contribution in [0.5, 0.6) is 0 Å². The third-order valence-electron chi connectivity index (χ3n) is 4.10. The smallest absolute Gasteiger partial charge is 0.333 e. The summed E-state index contributed by atoms with van der Waals surface area (Å²) in [5.74, 6) is -7.08. The molecule has 2 unspecified atom stereocenters. The van der Waals surface area contributed by atoms with E-state index >= 15 is 0 Å². The third-order valence-corrected chi connectivity index (χ3v) is 4.70. The number of benzene rings is 1. The average molecular weight is 457 g/mol. The van der Waals surface area contributed by atoms with Gasteiger partial charge in [0.1, 0.15) is 19.7 Å². The van der Waals surface area contributed by atoms with Gasteiger partial charge in [-0.1, -0.05) is 12.2 Å². The Morgan fingerprint density at radius 3 is 2.10 bits per heavy atom. The molecular formula is C20H28ClF4NO2P+. The van der Waals surface area contributed by atoms with Crippen LogP contribution in [-0.4, -0.2) is 43.6 Å². The number of nitrogens with zero attached hydrogens (tertiary/aromatic N) is 1. The maximum absolute atomic E-state index is 14.3. The van der Waals surface area contributed by atoms with Gasteiger partial charge in [-0.3, -0.25) is 0 Å². The van der Waals surface area contributed by atoms with E-state index in [1.807, 2.05) is 29.2 Å². The normalized spacial score (nSPS) is 12.4. The van der Waals surface area contributed by atoms with Crippen molar-refractivity contribution in [3.8, 4) is 0 Å². The number of alkyl halides is 1. The van der Waals surface area contributed by atoms with Crippen LogP contribution in [0.4, 0.5) is 17.6 Å². The highest BCUT2D eigenvalue weighted by Crippen LogP contribution is 2.23. The Hall–Kier alpha value is -1.43. The van der Waals surface area contributed by atoms with Crippen molar-refractivity contribution in [3.63, 3.8) is 0 Å². The van der Waals surface area contributed by atoms with Gasteiger partial charge in [0.25, 0.3) is 0 Å². The molecule has 0 aromatic heterocycles. The maximum atomic E-state index is 14.3. The van der Waals surface area contributed by atoms with Crippen molar-refractivity contribution in [2.24, 2.45) is 0 Å². The van der Waals surface area contributed by atoms with E-state index in [9.17, 15) is 22.4 Å². The lowest BCUT2D eigenvalue weighted by Crippen LogP contribution is -2.47. The van der Waals surface area contributed by atoms with Gasteiger partial charge in [0.05, 0.1) is 19.2 Å². The number of rotatable bonds is 8. The SMILES string of the molecule is C=C(C)C(=O)OCC[N+](C)(CC=C(C)C)Cc1c(F)c(F)c(F)c(F)c1P.CCl. The van der Waals surface area contributed by atoms with Gasteiger partial charge in [0, 0.05) is 17.3 Å². The fourth-order valence-corrected chi connectivity index (χ4v) is 2.69. The average Bonchev–Trinajstić information content (AvgIpc) is 2.68. The van der Waals surface area contributed by atoms with Crippen molar-refractivity contribution in [3.05, 3.63) is 52.6 Å². The predicted octanol–water partition coefficient (Wildman–Crippen LogP) is 4.63. The fraction of sp³-hybridized carbons (Fsp3) is 0.450. The van der Waals surface area contributed by atoms with E-state index in [0.717, 1.165) is 5.57 Å². The molecule has 1 aromatic rings. The number of carbonyl (C=O) groups excluding carboxylic acids is 1. The van der Waals surface area contributed by atoms with E-state index in [-0.39, 0.29) is 40.6 Å². The van der Waals surface area contributed by atoms with Crippen LogP contribution < -0.4 is 5.30 Å². The first kappa shape index (κ1) is 27.6. The molecule has 3 nitrogen and oxygen atoms in total. The summed E-state index contributed by atoms with van der Waals surface area (Å²) < 4.78 is 60.4. The van der Waals surface area contributed by atoms with Gasteiger partial charge in [0.15, 0.2) is 23.3 Å². The van der Waals surface area contributed by atoms with Gasteiger partial charge in [-0.25, -0.2) is 22.4 Å². The lowest BCUT2D eigenvalue weighted by molar-refractivity contribution is -0.917. The monoisotopic (exact) mass is 456 g/mol. The molecule has 0 N–H and O–H groups in total. The maximum Gasteiger partial charge on any atom is 0.333 e. The van der Waals surface area contributed by atoms with Gasteiger partial charge in [-0.15, -0.1) is 20.8 Å². The Morgan fingerprint density at radius 2 is 1.62 bits per heavy atom. The second kappa shape index (κ2) is 12.3. The second-order valence-corrected chi connectivity index (χ2v) is 7.61. The number of hydrogen-bond acceptors (Lipinski definition) is 2. The second-order valence-electron chi connectivity index (χ2n) is 7.03. The summed E-state index contributed by atoms with van der Waals surface area (Å²) in [6.07, 6.45) is 3.36. The minimum atomic E-state index is -1.84. The number of quaternary nitrogens is 1. The molecule has 0 fully saturated rings. The molecule has 0 saturated carbocycles. The molecule has 0 amide bonds. The van der Waals surface area contributed by atoms with Crippen LogP contribution in [0.1, 0.15) is 26.3 Å². The van der Waals surface area contributed by atoms with Gasteiger partial charge >= 0.3 is 5.97 Å². The third kappa shape index (κ3) is 8.07. The van der Waals surface area contributed by atoms with Crippen LogP contribution in [0.2, 0.25) is 0 Å². The zero-order valence-electron chi connectivity index (χ0n) is 17.3. The van der Waals surface area contributed by atoms with E-state index in [4.69, 9.17) is 4.74 Å². The van der Waals surface area contributed by atoms with Gasteiger partial charge in [0.2, 0.25) is 0 Å². The van der Waals surface area contributed by atoms with E-state index in [1.165, 1.54) is 13.3 Å². The predicted molar refractivity (Wildman–Crippen MR) is 112 cm³/mol. The first-order chi connectivity index (χ1) is 13.4. The minimum Gasteiger partial charge on any atom is -0.456 e. The number of esters is 1. The summed E-state index contributed by atoms with van der Waals surface area (Å²) >= 11 is 4.64. The Kier molecular flexibility index (Phi) is 11.7. The van der Waals surface area contributed by atoms with Crippen LogP contribution in [0.25, 0.3) is 0 Å². The lowest BCUT2D eigenvalue weighted by atomic mass is 10.1. The molecule has 0 aliphatic heterocycles. The fourth-order valence-electron chi connectivity index (χ4n) is 2.35. The highest BCUT2D eigenvalue weighted by atomic mass is 35.5. The van der Waals surface area contributed by atoms with Crippen LogP contribution in [0.15, 0.2) is 23.8 Å². The molecule has 164 valence electrons. The van der Waals surface area contributed by atoms with Crippen molar-refractivity contribution in [1.29, 1.82) is 0 Å². The number of halogens is 5. The molecule has 9 heteroatoms. The van der Waals surface area contributed by atoms with Crippen molar-refractivity contribution in [2.75, 3.05) is 33.1 Å². The van der Waals surface area contributed by atoms with Gasteiger partial charge in [-0.2, -0.15) is 0 Å². The zero-order chi connectivity index (χ0) is 22.9. The molecule has 0 saturated heterocycles. The van der Waals surface area contributed by atoms with Gasteiger partial charge < -0.3 is 9.22 Å². The summed E-state index contributed by atoms with van der Waals surface area (Å²) in [6, 6.07) is 0. The Morgan fingerprint density at radius 1 is 1.10 bits per heavy atom. The lowest BCUT2D eigenvalue weighted by Gasteiger charge is -2.34. The summed E-state index contributed by atoms with van der Waals surface area (Å²) in [6.45, 7) is 9.31. The molecule has 1 rings (SSSR count). The highest BCUT2D eigenvalue weighted by molar-refractivity contribution is 7.27. The zero-order valence-corrected chi connectivity index (χ0v) is 19.3. The number of allylic oxidation sites excluding steroid dienone is 1. The van der Waals surface area contributed by atoms with E-state index in [0.29, 0.717) is 6.54 Å². The molecule has 0 heterocycles. The number of carbonyl (C=O) groups is 1. The molecule has 29 heavy (non-hydrogen) atoms. The first-order valence-corrected chi connectivity index (χ1v) is 10.0. The summed E-state index contributed by atoms with van der Waals surface area (Å²) in [5, 5.41) is -0.355. The highest BCUT2D eigenvalue weighted by Gasteiger charge is 2.30. The number of hydrogen-bond donors (Lipinski definition) is 0. The molecule has 2 atom stereocenters. The van der Waals surface area contributed by atoms with Crippen LogP contribution in [-0.2, 0) is 16.1 Å². The minimum absolute atomic E-state index is 0.0127.